The van der Waals surface area contributed by atoms with E-state index in [-0.39, 0.29) is 18.3 Å². The predicted octanol–water partition coefficient (Wildman–Crippen LogP) is 8.48. The highest BCUT2D eigenvalue weighted by Crippen LogP contribution is 2.55. The maximum absolute atomic E-state index is 13.9. The van der Waals surface area contributed by atoms with Crippen LogP contribution in [0.3, 0.4) is 0 Å². The highest BCUT2D eigenvalue weighted by Gasteiger charge is 2.37. The fourth-order valence-corrected chi connectivity index (χ4v) is 7.07. The minimum atomic E-state index is -3.53. The molecule has 0 bridgehead atoms. The smallest absolute Gasteiger partial charge is 0.284 e. The first-order valence-electron chi connectivity index (χ1n) is 12.9. The molecule has 4 nitrogen and oxygen atoms in total. The van der Waals surface area contributed by atoms with Crippen molar-refractivity contribution in [2.75, 3.05) is 0 Å². The summed E-state index contributed by atoms with van der Waals surface area (Å²) in [5.74, 6) is 0. The monoisotopic (exact) mass is 428 g/mol. The Kier molecular flexibility index (Phi) is 11.1. The van der Waals surface area contributed by atoms with E-state index >= 15 is 0 Å². The third-order valence-electron chi connectivity index (χ3n) is 6.99. The Morgan fingerprint density at radius 1 is 0.379 bits per heavy atom. The highest BCUT2D eigenvalue weighted by atomic mass is 31.2. The summed E-state index contributed by atoms with van der Waals surface area (Å²) in [6.07, 6.45) is 24.6. The Balaban J connectivity index is 1.64. The fourth-order valence-electron chi connectivity index (χ4n) is 5.19. The summed E-state index contributed by atoms with van der Waals surface area (Å²) in [6, 6.07) is 0. The second-order valence-electron chi connectivity index (χ2n) is 9.66. The van der Waals surface area contributed by atoms with E-state index in [1.807, 2.05) is 0 Å². The van der Waals surface area contributed by atoms with Gasteiger partial charge in [-0.2, -0.15) is 0 Å². The first-order chi connectivity index (χ1) is 14.2. The summed E-state index contributed by atoms with van der Waals surface area (Å²) in [6.45, 7) is 0. The average molecular weight is 429 g/mol. The van der Waals surface area contributed by atoms with E-state index < -0.39 is 7.82 Å². The normalized spacial score (nSPS) is 25.9. The lowest BCUT2D eigenvalue weighted by atomic mass is 9.99. The van der Waals surface area contributed by atoms with Crippen molar-refractivity contribution in [3.8, 4) is 0 Å². The largest absolute Gasteiger partial charge is 0.475 e. The number of phosphoric ester groups is 1. The van der Waals surface area contributed by atoms with Gasteiger partial charge in [-0.3, -0.25) is 13.6 Å². The molecule has 0 heterocycles. The van der Waals surface area contributed by atoms with E-state index in [1.54, 1.807) is 0 Å². The van der Waals surface area contributed by atoms with E-state index in [0.717, 1.165) is 77.0 Å². The Labute approximate surface area is 179 Å². The molecule has 3 rings (SSSR count). The fraction of sp³-hybridized carbons (Fsp3) is 1.00. The lowest BCUT2D eigenvalue weighted by Crippen LogP contribution is -2.23. The molecule has 0 spiro atoms. The first kappa shape index (κ1) is 23.8. The molecule has 170 valence electrons. The third kappa shape index (κ3) is 9.42. The van der Waals surface area contributed by atoms with Crippen LogP contribution in [0.15, 0.2) is 0 Å². The van der Waals surface area contributed by atoms with E-state index in [9.17, 15) is 4.57 Å². The summed E-state index contributed by atoms with van der Waals surface area (Å²) >= 11 is 0. The van der Waals surface area contributed by atoms with Crippen LogP contribution in [0.25, 0.3) is 0 Å². The lowest BCUT2D eigenvalue weighted by Gasteiger charge is -2.31. The van der Waals surface area contributed by atoms with Gasteiger partial charge in [0.25, 0.3) is 0 Å². The van der Waals surface area contributed by atoms with Crippen molar-refractivity contribution in [3.05, 3.63) is 0 Å². The molecule has 3 aliphatic carbocycles. The van der Waals surface area contributed by atoms with Crippen molar-refractivity contribution in [1.29, 1.82) is 0 Å². The summed E-state index contributed by atoms with van der Waals surface area (Å²) in [5, 5.41) is 0. The summed E-state index contributed by atoms with van der Waals surface area (Å²) in [5.41, 5.74) is 0. The second-order valence-corrected chi connectivity index (χ2v) is 11.2. The molecule has 3 fully saturated rings. The molecule has 0 aromatic rings. The molecule has 0 aromatic carbocycles. The van der Waals surface area contributed by atoms with Gasteiger partial charge in [0.05, 0.1) is 18.3 Å². The molecule has 0 aliphatic heterocycles. The van der Waals surface area contributed by atoms with Gasteiger partial charge in [0.1, 0.15) is 0 Å². The van der Waals surface area contributed by atoms with Crippen LogP contribution in [0.5, 0.6) is 0 Å². The molecule has 0 unspecified atom stereocenters. The maximum atomic E-state index is 13.9. The van der Waals surface area contributed by atoms with Gasteiger partial charge in [-0.25, -0.2) is 4.57 Å². The average Bonchev–Trinajstić information content (AvgIpc) is 2.62. The first-order valence-corrected chi connectivity index (χ1v) is 14.3. The third-order valence-corrected chi connectivity index (χ3v) is 8.66. The molecule has 0 atom stereocenters. The molecular weight excluding hydrogens is 383 g/mol. The van der Waals surface area contributed by atoms with Gasteiger partial charge in [-0.05, 0) is 38.5 Å². The zero-order valence-electron chi connectivity index (χ0n) is 18.7. The van der Waals surface area contributed by atoms with Gasteiger partial charge in [-0.15, -0.1) is 0 Å². The molecule has 29 heavy (non-hydrogen) atoms. The highest BCUT2D eigenvalue weighted by molar-refractivity contribution is 7.48. The number of hydrogen-bond acceptors (Lipinski definition) is 4. The molecule has 0 radical (unpaired) electrons. The van der Waals surface area contributed by atoms with Crippen molar-refractivity contribution < 1.29 is 18.1 Å². The van der Waals surface area contributed by atoms with Gasteiger partial charge < -0.3 is 0 Å². The Bertz CT molecular complexity index is 393. The Hall–Kier alpha value is 0.110. The summed E-state index contributed by atoms with van der Waals surface area (Å²) in [7, 11) is -3.53. The van der Waals surface area contributed by atoms with Crippen LogP contribution in [0.2, 0.25) is 0 Å². The molecule has 0 amide bonds. The Morgan fingerprint density at radius 2 is 0.586 bits per heavy atom. The molecule has 5 heteroatoms. The van der Waals surface area contributed by atoms with Gasteiger partial charge >= 0.3 is 7.82 Å². The number of rotatable bonds is 6. The van der Waals surface area contributed by atoms with Gasteiger partial charge in [0, 0.05) is 0 Å². The van der Waals surface area contributed by atoms with E-state index in [0.29, 0.717) is 0 Å². The zero-order chi connectivity index (χ0) is 20.2. The van der Waals surface area contributed by atoms with Crippen molar-refractivity contribution in [1.82, 2.24) is 0 Å². The van der Waals surface area contributed by atoms with Crippen molar-refractivity contribution in [2.45, 2.75) is 153 Å². The van der Waals surface area contributed by atoms with E-state index in [2.05, 4.69) is 0 Å². The molecule has 3 saturated carbocycles. The van der Waals surface area contributed by atoms with Gasteiger partial charge in [-0.1, -0.05) is 96.3 Å². The maximum Gasteiger partial charge on any atom is 0.475 e. The predicted molar refractivity (Wildman–Crippen MR) is 119 cm³/mol. The summed E-state index contributed by atoms with van der Waals surface area (Å²) in [4.78, 5) is 0. The summed E-state index contributed by atoms with van der Waals surface area (Å²) < 4.78 is 32.8. The van der Waals surface area contributed by atoms with Crippen molar-refractivity contribution >= 4 is 7.82 Å². The molecular formula is C24H45O4P. The number of phosphoric acid groups is 1. The van der Waals surface area contributed by atoms with Crippen molar-refractivity contribution in [2.24, 2.45) is 0 Å². The van der Waals surface area contributed by atoms with Crippen LogP contribution < -0.4 is 0 Å². The van der Waals surface area contributed by atoms with Gasteiger partial charge in [0.2, 0.25) is 0 Å². The quantitative estimate of drug-likeness (QED) is 0.398. The van der Waals surface area contributed by atoms with Crippen LogP contribution in [0.4, 0.5) is 0 Å². The van der Waals surface area contributed by atoms with Crippen LogP contribution in [-0.2, 0) is 18.1 Å². The zero-order valence-corrected chi connectivity index (χ0v) is 19.6. The van der Waals surface area contributed by atoms with Crippen LogP contribution in [0.1, 0.15) is 135 Å². The molecule has 0 aromatic heterocycles. The van der Waals surface area contributed by atoms with E-state index in [1.165, 1.54) is 57.8 Å². The van der Waals surface area contributed by atoms with Crippen LogP contribution in [-0.4, -0.2) is 18.3 Å². The number of hydrogen-bond donors (Lipinski definition) is 0. The minimum Gasteiger partial charge on any atom is -0.284 e. The molecule has 0 N–H and O–H groups in total. The van der Waals surface area contributed by atoms with E-state index in [4.69, 9.17) is 13.6 Å². The second kappa shape index (κ2) is 13.5. The molecule has 0 saturated heterocycles. The van der Waals surface area contributed by atoms with Crippen LogP contribution in [0, 0.1) is 0 Å². The van der Waals surface area contributed by atoms with Gasteiger partial charge in [0.15, 0.2) is 0 Å². The Morgan fingerprint density at radius 3 is 0.828 bits per heavy atom. The molecule has 3 aliphatic rings. The topological polar surface area (TPSA) is 44.8 Å². The van der Waals surface area contributed by atoms with Crippen molar-refractivity contribution in [3.63, 3.8) is 0 Å². The standard InChI is InChI=1S/C24H45O4P/c25-29(26-22-16-10-4-1-5-11-17-22,27-23-18-12-6-2-7-13-19-23)28-24-20-14-8-3-9-15-21-24/h22-24H,1-21H2. The van der Waals surface area contributed by atoms with Crippen LogP contribution >= 0.6 is 7.82 Å². The lowest BCUT2D eigenvalue weighted by molar-refractivity contribution is 0.0132. The minimum absolute atomic E-state index is 0.0308. The SMILES string of the molecule is O=P(OC1CCCCCCC1)(OC1CCCCCCC1)OC1CCCCCCC1.